The van der Waals surface area contributed by atoms with Crippen LogP contribution >= 0.6 is 0 Å². The fourth-order valence-electron chi connectivity index (χ4n) is 4.52. The lowest BCUT2D eigenvalue weighted by molar-refractivity contribution is 0.00308. The van der Waals surface area contributed by atoms with Crippen LogP contribution in [0, 0.1) is 28.9 Å². The molecule has 3 N–H and O–H groups in total. The van der Waals surface area contributed by atoms with Crippen LogP contribution < -0.4 is 5.32 Å². The number of rotatable bonds is 4. The minimum Gasteiger partial charge on any atom is -0.391 e. The molecule has 0 bridgehead atoms. The monoisotopic (exact) mass is 469 g/mol. The van der Waals surface area contributed by atoms with E-state index in [4.69, 9.17) is 4.74 Å². The summed E-state index contributed by atoms with van der Waals surface area (Å²) in [5.74, 6) is -2.11. The van der Waals surface area contributed by atoms with Gasteiger partial charge in [-0.05, 0) is 31.0 Å². The molecule has 3 aromatic rings. The van der Waals surface area contributed by atoms with E-state index in [0.29, 0.717) is 18.4 Å². The maximum atomic E-state index is 14.6. The van der Waals surface area contributed by atoms with E-state index in [1.54, 1.807) is 0 Å². The highest BCUT2D eigenvalue weighted by molar-refractivity contribution is 6.07. The molecule has 4 atom stereocenters. The summed E-state index contributed by atoms with van der Waals surface area (Å²) in [7, 11) is 0. The van der Waals surface area contributed by atoms with Crippen molar-refractivity contribution in [3.63, 3.8) is 0 Å². The number of hydrogen-bond acceptors (Lipinski definition) is 8. The fourth-order valence-corrected chi connectivity index (χ4v) is 4.52. The van der Waals surface area contributed by atoms with Crippen LogP contribution in [0.3, 0.4) is 0 Å². The number of aliphatic hydroxyl groups excluding tert-OH is 1. The topological polar surface area (TPSA) is 140 Å². The molecule has 2 aliphatic heterocycles. The summed E-state index contributed by atoms with van der Waals surface area (Å²) in [4.78, 5) is 23.3. The van der Waals surface area contributed by atoms with Gasteiger partial charge in [0.1, 0.15) is 29.5 Å². The van der Waals surface area contributed by atoms with Crippen molar-refractivity contribution in [2.75, 3.05) is 25.1 Å². The van der Waals surface area contributed by atoms with Crippen LogP contribution in [-0.4, -0.2) is 68.0 Å². The van der Waals surface area contributed by atoms with Gasteiger partial charge in [0, 0.05) is 18.7 Å². The third kappa shape index (κ3) is 3.93. The summed E-state index contributed by atoms with van der Waals surface area (Å²) in [5.41, 5.74) is 0.272. The van der Waals surface area contributed by atoms with E-state index in [-0.39, 0.29) is 42.3 Å². The molecule has 34 heavy (non-hydrogen) atoms. The van der Waals surface area contributed by atoms with E-state index in [1.807, 2.05) is 0 Å². The number of fused-ring (bicyclic) bond motifs is 1. The number of carbonyl (C=O) groups excluding carboxylic acids is 1. The summed E-state index contributed by atoms with van der Waals surface area (Å²) in [6.45, 7) is 0.744. The molecule has 0 spiro atoms. The Kier molecular flexibility index (Phi) is 5.80. The molecule has 1 amide bonds. The lowest BCUT2D eigenvalue weighted by Crippen LogP contribution is -2.42. The van der Waals surface area contributed by atoms with Gasteiger partial charge in [0.25, 0.3) is 5.91 Å². The van der Waals surface area contributed by atoms with Crippen LogP contribution in [0.5, 0.6) is 0 Å². The molecule has 0 aliphatic carbocycles. The van der Waals surface area contributed by atoms with Crippen molar-refractivity contribution in [1.29, 1.82) is 5.26 Å². The summed E-state index contributed by atoms with van der Waals surface area (Å²) in [6, 6.07) is 3.89. The van der Waals surface area contributed by atoms with Gasteiger partial charge in [-0.1, -0.05) is 0 Å². The molecule has 12 heteroatoms. The van der Waals surface area contributed by atoms with Crippen LogP contribution in [-0.2, 0) is 4.74 Å². The number of aliphatic hydroxyl groups is 1. The van der Waals surface area contributed by atoms with Gasteiger partial charge in [-0.3, -0.25) is 9.89 Å². The van der Waals surface area contributed by atoms with Gasteiger partial charge < -0.3 is 20.1 Å². The van der Waals surface area contributed by atoms with E-state index in [0.717, 1.165) is 18.2 Å². The highest BCUT2D eigenvalue weighted by Gasteiger charge is 2.39. The Morgan fingerprint density at radius 3 is 3.00 bits per heavy atom. The number of nitriles is 1. The third-order valence-electron chi connectivity index (χ3n) is 6.27. The second-order valence-corrected chi connectivity index (χ2v) is 8.40. The van der Waals surface area contributed by atoms with Crippen molar-refractivity contribution in [2.24, 2.45) is 5.92 Å². The van der Waals surface area contributed by atoms with Gasteiger partial charge in [0.15, 0.2) is 5.65 Å². The van der Waals surface area contributed by atoms with E-state index in [2.05, 4.69) is 31.6 Å². The maximum Gasteiger partial charge on any atom is 0.273 e. The number of nitrogens with zero attached hydrogens (tertiary/aromatic N) is 5. The van der Waals surface area contributed by atoms with E-state index in [9.17, 15) is 23.9 Å². The molecule has 0 saturated carbocycles. The SMILES string of the molecule is N#C[C@H]1C[C@H](c2cc(F)ccc2F)N(C(=O)c2[nH]nc3ncnc(N[C@@H]4COCC[C@H]4O)c23)C1. The van der Waals surface area contributed by atoms with E-state index in [1.165, 1.54) is 11.2 Å². The van der Waals surface area contributed by atoms with Crippen molar-refractivity contribution < 1.29 is 23.4 Å². The Bertz CT molecular complexity index is 1280. The number of H-pyrrole nitrogens is 1. The highest BCUT2D eigenvalue weighted by atomic mass is 19.1. The molecule has 176 valence electrons. The normalized spacial score (nSPS) is 24.8. The molecule has 2 saturated heterocycles. The van der Waals surface area contributed by atoms with Crippen LogP contribution in [0.4, 0.5) is 14.6 Å². The minimum absolute atomic E-state index is 0.00648. The lowest BCUT2D eigenvalue weighted by Gasteiger charge is -2.29. The summed E-state index contributed by atoms with van der Waals surface area (Å²) in [6.07, 6.45) is 1.23. The van der Waals surface area contributed by atoms with Crippen LogP contribution in [0.1, 0.15) is 34.9 Å². The fraction of sp³-hybridized carbons (Fsp3) is 0.409. The van der Waals surface area contributed by atoms with Gasteiger partial charge in [-0.15, -0.1) is 0 Å². The molecule has 5 rings (SSSR count). The number of aromatic amines is 1. The van der Waals surface area contributed by atoms with E-state index >= 15 is 0 Å². The predicted octanol–water partition coefficient (Wildman–Crippen LogP) is 1.92. The van der Waals surface area contributed by atoms with Crippen LogP contribution in [0.2, 0.25) is 0 Å². The number of likely N-dealkylation sites (tertiary alicyclic amines) is 1. The summed E-state index contributed by atoms with van der Waals surface area (Å²) < 4.78 is 33.9. The van der Waals surface area contributed by atoms with Gasteiger partial charge in [-0.2, -0.15) is 10.4 Å². The number of nitrogens with one attached hydrogen (secondary N) is 2. The van der Waals surface area contributed by atoms with Gasteiger partial charge >= 0.3 is 0 Å². The number of benzene rings is 1. The molecule has 2 aliphatic rings. The second-order valence-electron chi connectivity index (χ2n) is 8.40. The Balaban J connectivity index is 1.52. The summed E-state index contributed by atoms with van der Waals surface area (Å²) in [5, 5.41) is 29.9. The van der Waals surface area contributed by atoms with Gasteiger partial charge in [0.05, 0.1) is 42.2 Å². The average Bonchev–Trinajstić information content (AvgIpc) is 3.47. The quantitative estimate of drug-likeness (QED) is 0.527. The number of carbonyl (C=O) groups is 1. The first kappa shape index (κ1) is 22.1. The van der Waals surface area contributed by atoms with Crippen molar-refractivity contribution in [3.05, 3.63) is 47.4 Å². The Morgan fingerprint density at radius 2 is 2.21 bits per heavy atom. The number of anilines is 1. The van der Waals surface area contributed by atoms with Crippen molar-refractivity contribution >= 4 is 22.8 Å². The number of amides is 1. The average molecular weight is 469 g/mol. The minimum atomic E-state index is -0.833. The first-order valence-electron chi connectivity index (χ1n) is 10.8. The molecular weight excluding hydrogens is 448 g/mol. The van der Waals surface area contributed by atoms with Gasteiger partial charge in [0.2, 0.25) is 0 Å². The second kappa shape index (κ2) is 8.92. The predicted molar refractivity (Wildman–Crippen MR) is 114 cm³/mol. The lowest BCUT2D eigenvalue weighted by atomic mass is 10.00. The van der Waals surface area contributed by atoms with Crippen molar-refractivity contribution in [1.82, 2.24) is 25.1 Å². The molecule has 1 aromatic carbocycles. The highest BCUT2D eigenvalue weighted by Crippen LogP contribution is 2.38. The van der Waals surface area contributed by atoms with Crippen LogP contribution in [0.25, 0.3) is 11.0 Å². The Labute approximate surface area is 192 Å². The zero-order chi connectivity index (χ0) is 23.8. The zero-order valence-corrected chi connectivity index (χ0v) is 17.9. The van der Waals surface area contributed by atoms with Crippen LogP contribution in [0.15, 0.2) is 24.5 Å². The maximum absolute atomic E-state index is 14.6. The third-order valence-corrected chi connectivity index (χ3v) is 6.27. The molecule has 2 fully saturated rings. The largest absolute Gasteiger partial charge is 0.391 e. The Morgan fingerprint density at radius 1 is 1.35 bits per heavy atom. The first-order valence-corrected chi connectivity index (χ1v) is 10.8. The molecule has 4 heterocycles. The van der Waals surface area contributed by atoms with Crippen molar-refractivity contribution in [3.8, 4) is 6.07 Å². The molecule has 0 radical (unpaired) electrons. The number of hydrogen-bond donors (Lipinski definition) is 3. The van der Waals surface area contributed by atoms with Crippen molar-refractivity contribution in [2.45, 2.75) is 31.0 Å². The number of halogens is 2. The number of ether oxygens (including phenoxy) is 1. The molecule has 2 aromatic heterocycles. The smallest absolute Gasteiger partial charge is 0.273 e. The first-order chi connectivity index (χ1) is 16.5. The van der Waals surface area contributed by atoms with Gasteiger partial charge in [-0.25, -0.2) is 18.7 Å². The standard InChI is InChI=1S/C22H21F2N7O3/c23-12-1-2-14(24)13(6-12)16-5-11(7-25)8-31(16)22(33)19-18-20(26-10-27-21(18)30-29-19)28-15-9-34-4-3-17(15)32/h1-2,6,10-11,15-17,32H,3-5,8-9H2,(H2,26,27,28,29,30)/t11-,15-,16-,17-/m1/s1. The number of aromatic nitrogens is 4. The van der Waals surface area contributed by atoms with E-state index < -0.39 is 41.6 Å². The molecule has 10 nitrogen and oxygen atoms in total. The molecule has 0 unspecified atom stereocenters. The summed E-state index contributed by atoms with van der Waals surface area (Å²) >= 11 is 0. The Hall–Kier alpha value is -3.69. The molecular formula is C22H21F2N7O3. The zero-order valence-electron chi connectivity index (χ0n) is 17.9.